The molecule has 0 spiro atoms. The summed E-state index contributed by atoms with van der Waals surface area (Å²) in [6.07, 6.45) is -4.68. The van der Waals surface area contributed by atoms with E-state index in [1.807, 2.05) is 5.32 Å². The van der Waals surface area contributed by atoms with E-state index in [1.165, 1.54) is 43.5 Å². The van der Waals surface area contributed by atoms with E-state index < -0.39 is 23.7 Å². The zero-order chi connectivity index (χ0) is 30.4. The van der Waals surface area contributed by atoms with Crippen LogP contribution in [-0.2, 0) is 19.3 Å². The number of anilines is 4. The molecule has 0 aliphatic heterocycles. The number of nitrogens with two attached hydrogens (primary N) is 1. The van der Waals surface area contributed by atoms with Gasteiger partial charge in [0.1, 0.15) is 13.1 Å². The number of aromatic hydroxyl groups is 1. The maximum Gasteiger partial charge on any atom is 0.416 e. The summed E-state index contributed by atoms with van der Waals surface area (Å²) in [6.45, 7) is 0.905. The van der Waals surface area contributed by atoms with E-state index in [-0.39, 0.29) is 39.6 Å². The van der Waals surface area contributed by atoms with Gasteiger partial charge in [-0.1, -0.05) is 18.2 Å². The second-order valence-corrected chi connectivity index (χ2v) is 9.25. The summed E-state index contributed by atoms with van der Waals surface area (Å²) in [5.74, 6) is -2.18. The van der Waals surface area contributed by atoms with E-state index in [2.05, 4.69) is 10.6 Å². The smallest absolute Gasteiger partial charge is 0.416 e. The van der Waals surface area contributed by atoms with Crippen LogP contribution in [0, 0.1) is 0 Å². The third-order valence-corrected chi connectivity index (χ3v) is 6.36. The van der Waals surface area contributed by atoms with Gasteiger partial charge >= 0.3 is 18.1 Å². The van der Waals surface area contributed by atoms with Crippen LogP contribution >= 0.6 is 0 Å². The molecule has 9 nitrogen and oxygen atoms in total. The van der Waals surface area contributed by atoms with Crippen molar-refractivity contribution in [3.05, 3.63) is 107 Å². The number of hydrogen-bond acceptors (Lipinski definition) is 6. The largest absolute Gasteiger partial charge is 0.504 e. The van der Waals surface area contributed by atoms with E-state index in [0.29, 0.717) is 24.4 Å². The SMILES string of the molecule is COc1cc(C[NH2+]Cc2ccc(Nc3cc(C(F)(F)F)ccc3Nc3ccccc3C(=O)O)c(C(=O)O)c2)ccc1O. The summed E-state index contributed by atoms with van der Waals surface area (Å²) < 4.78 is 45.8. The summed E-state index contributed by atoms with van der Waals surface area (Å²) in [5.41, 5.74) is 0.477. The fraction of sp³-hybridized carbons (Fsp3) is 0.133. The van der Waals surface area contributed by atoms with Crippen molar-refractivity contribution in [1.29, 1.82) is 0 Å². The molecule has 4 aromatic carbocycles. The van der Waals surface area contributed by atoms with Crippen molar-refractivity contribution >= 4 is 34.7 Å². The van der Waals surface area contributed by atoms with E-state index >= 15 is 0 Å². The van der Waals surface area contributed by atoms with Crippen molar-refractivity contribution in [2.45, 2.75) is 19.3 Å². The van der Waals surface area contributed by atoms with Gasteiger partial charge in [0.15, 0.2) is 11.5 Å². The van der Waals surface area contributed by atoms with Crippen LogP contribution in [0.3, 0.4) is 0 Å². The topological polar surface area (TPSA) is 145 Å². The Balaban J connectivity index is 1.60. The number of nitrogens with one attached hydrogen (secondary N) is 2. The number of phenols is 1. The first-order valence-electron chi connectivity index (χ1n) is 12.6. The second-order valence-electron chi connectivity index (χ2n) is 9.25. The number of rotatable bonds is 11. The molecule has 42 heavy (non-hydrogen) atoms. The molecule has 0 aliphatic carbocycles. The van der Waals surface area contributed by atoms with Crippen molar-refractivity contribution in [3.63, 3.8) is 0 Å². The first-order chi connectivity index (χ1) is 20.0. The van der Waals surface area contributed by atoms with Gasteiger partial charge in [0, 0.05) is 11.1 Å². The van der Waals surface area contributed by atoms with Gasteiger partial charge in [0.05, 0.1) is 46.5 Å². The van der Waals surface area contributed by atoms with Crippen LogP contribution < -0.4 is 20.7 Å². The Morgan fingerprint density at radius 2 is 1.36 bits per heavy atom. The van der Waals surface area contributed by atoms with Crippen LogP contribution in [0.5, 0.6) is 11.5 Å². The predicted octanol–water partition coefficient (Wildman–Crippen LogP) is 5.57. The number of alkyl halides is 3. The highest BCUT2D eigenvalue weighted by Gasteiger charge is 2.31. The predicted molar refractivity (Wildman–Crippen MR) is 149 cm³/mol. The standard InChI is InChI=1S/C30H26F3N3O6/c1-42-27-13-18(7-11-26(27)37)16-34-15-17-6-9-23(21(12-17)29(40)41)36-25-14-19(30(31,32)33)8-10-24(25)35-22-5-3-2-4-20(22)28(38)39/h2-14,34-37H,15-16H2,1H3,(H,38,39)(H,40,41)/p+1. The van der Waals surface area contributed by atoms with Gasteiger partial charge in [-0.3, -0.25) is 0 Å². The average Bonchev–Trinajstić information content (AvgIpc) is 2.95. The maximum absolute atomic E-state index is 13.6. The zero-order valence-corrected chi connectivity index (χ0v) is 22.2. The highest BCUT2D eigenvalue weighted by Crippen LogP contribution is 2.37. The van der Waals surface area contributed by atoms with Crippen molar-refractivity contribution in [3.8, 4) is 11.5 Å². The minimum absolute atomic E-state index is 0.0145. The molecule has 0 aliphatic rings. The highest BCUT2D eigenvalue weighted by atomic mass is 19.4. The van der Waals surface area contributed by atoms with Gasteiger partial charge < -0.3 is 36.0 Å². The van der Waals surface area contributed by atoms with Crippen molar-refractivity contribution in [1.82, 2.24) is 0 Å². The third kappa shape index (κ3) is 7.09. The first-order valence-corrected chi connectivity index (χ1v) is 12.6. The minimum atomic E-state index is -4.68. The Labute approximate surface area is 238 Å². The molecule has 0 saturated carbocycles. The molecule has 0 aromatic heterocycles. The number of carbonyl (C=O) groups is 2. The molecule has 0 saturated heterocycles. The number of carboxylic acid groups (broad SMARTS) is 2. The molecule has 4 aromatic rings. The fourth-order valence-electron chi connectivity index (χ4n) is 4.26. The molecule has 218 valence electrons. The summed E-state index contributed by atoms with van der Waals surface area (Å²) in [7, 11) is 1.44. The Kier molecular flexibility index (Phi) is 8.87. The highest BCUT2D eigenvalue weighted by molar-refractivity contribution is 5.98. The van der Waals surface area contributed by atoms with Crippen LogP contribution in [-0.4, -0.2) is 34.4 Å². The van der Waals surface area contributed by atoms with Gasteiger partial charge in [-0.05, 0) is 60.7 Å². The Morgan fingerprint density at radius 1 is 0.762 bits per heavy atom. The number of para-hydroxylation sites is 1. The number of benzene rings is 4. The van der Waals surface area contributed by atoms with E-state index in [1.54, 1.807) is 24.3 Å². The average molecular weight is 583 g/mol. The van der Waals surface area contributed by atoms with Crippen molar-refractivity contribution in [2.24, 2.45) is 0 Å². The summed E-state index contributed by atoms with van der Waals surface area (Å²) in [6, 6.07) is 18.2. The lowest BCUT2D eigenvalue weighted by atomic mass is 10.1. The second kappa shape index (κ2) is 12.5. The van der Waals surface area contributed by atoms with Crippen molar-refractivity contribution < 1.29 is 48.1 Å². The lowest BCUT2D eigenvalue weighted by Gasteiger charge is -2.19. The normalized spacial score (nSPS) is 11.1. The fourth-order valence-corrected chi connectivity index (χ4v) is 4.26. The molecule has 4 rings (SSSR count). The van der Waals surface area contributed by atoms with E-state index in [0.717, 1.165) is 23.8 Å². The van der Waals surface area contributed by atoms with Crippen LogP contribution in [0.4, 0.5) is 35.9 Å². The molecule has 0 unspecified atom stereocenters. The molecular formula is C30H27F3N3O6+. The lowest BCUT2D eigenvalue weighted by Crippen LogP contribution is -2.80. The third-order valence-electron chi connectivity index (χ3n) is 6.36. The van der Waals surface area contributed by atoms with E-state index in [9.17, 15) is 38.1 Å². The number of carboxylic acids is 2. The summed E-state index contributed by atoms with van der Waals surface area (Å²) >= 11 is 0. The molecule has 0 heterocycles. The quantitative estimate of drug-likeness (QED) is 0.135. The lowest BCUT2D eigenvalue weighted by molar-refractivity contribution is -0.686. The molecule has 12 heteroatoms. The molecule has 0 radical (unpaired) electrons. The first kappa shape index (κ1) is 29.7. The van der Waals surface area contributed by atoms with Crippen LogP contribution in [0.15, 0.2) is 78.9 Å². The number of quaternary nitrogens is 1. The number of phenolic OH excluding ortho intramolecular Hbond substituents is 1. The minimum Gasteiger partial charge on any atom is -0.504 e. The Morgan fingerprint density at radius 3 is 2.02 bits per heavy atom. The molecular weight excluding hydrogens is 555 g/mol. The number of aromatic carboxylic acids is 2. The van der Waals surface area contributed by atoms with Gasteiger partial charge in [-0.25, -0.2) is 9.59 Å². The van der Waals surface area contributed by atoms with Gasteiger partial charge in [-0.15, -0.1) is 0 Å². The Bertz CT molecular complexity index is 1620. The maximum atomic E-state index is 13.6. The van der Waals surface area contributed by atoms with Gasteiger partial charge in [-0.2, -0.15) is 13.2 Å². The number of ether oxygens (including phenoxy) is 1. The van der Waals surface area contributed by atoms with Crippen LogP contribution in [0.1, 0.15) is 37.4 Å². The van der Waals surface area contributed by atoms with E-state index in [4.69, 9.17) is 4.74 Å². The molecule has 0 amide bonds. The molecule has 0 fully saturated rings. The van der Waals surface area contributed by atoms with Crippen molar-refractivity contribution in [2.75, 3.05) is 17.7 Å². The van der Waals surface area contributed by atoms with Crippen LogP contribution in [0.25, 0.3) is 0 Å². The summed E-state index contributed by atoms with van der Waals surface area (Å²) in [5, 5.41) is 36.7. The Hall–Kier alpha value is -5.23. The zero-order valence-electron chi connectivity index (χ0n) is 22.2. The molecule has 7 N–H and O–H groups in total. The summed E-state index contributed by atoms with van der Waals surface area (Å²) in [4.78, 5) is 23.8. The van der Waals surface area contributed by atoms with Gasteiger partial charge in [0.25, 0.3) is 0 Å². The monoisotopic (exact) mass is 582 g/mol. The number of methoxy groups -OCH3 is 1. The molecule has 0 atom stereocenters. The van der Waals surface area contributed by atoms with Crippen LogP contribution in [0.2, 0.25) is 0 Å². The number of hydrogen-bond donors (Lipinski definition) is 6. The number of halogens is 3. The molecule has 0 bridgehead atoms. The van der Waals surface area contributed by atoms with Gasteiger partial charge in [0.2, 0.25) is 0 Å².